The van der Waals surface area contributed by atoms with Crippen LogP contribution in [0.4, 0.5) is 15.8 Å². The zero-order valence-corrected chi connectivity index (χ0v) is 17.2. The lowest BCUT2D eigenvalue weighted by atomic mass is 10.0. The third-order valence-electron chi connectivity index (χ3n) is 5.15. The van der Waals surface area contributed by atoms with E-state index in [1.165, 1.54) is 11.6 Å². The van der Waals surface area contributed by atoms with Crippen molar-refractivity contribution in [3.05, 3.63) is 89.7 Å². The van der Waals surface area contributed by atoms with Gasteiger partial charge in [0.25, 0.3) is 5.91 Å². The highest BCUT2D eigenvalue weighted by Crippen LogP contribution is 2.24. The zero-order valence-electron chi connectivity index (χ0n) is 17.2. The molecule has 0 aliphatic carbocycles. The first-order valence-electron chi connectivity index (χ1n) is 10.4. The summed E-state index contributed by atoms with van der Waals surface area (Å²) in [6.07, 6.45) is 0.715. The topological polar surface area (TPSA) is 50.8 Å². The van der Waals surface area contributed by atoms with Crippen molar-refractivity contribution in [3.63, 3.8) is 0 Å². The summed E-state index contributed by atoms with van der Waals surface area (Å²) in [5, 5.41) is 2.71. The fourth-order valence-electron chi connectivity index (χ4n) is 3.59. The molecule has 3 aromatic rings. The van der Waals surface area contributed by atoms with Crippen LogP contribution < -0.4 is 15.0 Å². The number of carbonyl (C=O) groups excluding carboxylic acids is 1. The average Bonchev–Trinajstić information content (AvgIpc) is 2.80. The fourth-order valence-corrected chi connectivity index (χ4v) is 3.59. The van der Waals surface area contributed by atoms with E-state index >= 15 is 0 Å². The largest absolute Gasteiger partial charge is 0.483 e. The van der Waals surface area contributed by atoms with Gasteiger partial charge in [-0.25, -0.2) is 4.39 Å². The summed E-state index contributed by atoms with van der Waals surface area (Å²) < 4.78 is 25.6. The van der Waals surface area contributed by atoms with E-state index in [-0.39, 0.29) is 18.3 Å². The van der Waals surface area contributed by atoms with Crippen molar-refractivity contribution in [1.82, 2.24) is 0 Å². The van der Waals surface area contributed by atoms with Gasteiger partial charge in [0.1, 0.15) is 11.6 Å². The van der Waals surface area contributed by atoms with Crippen LogP contribution in [0, 0.1) is 5.82 Å². The Balaban J connectivity index is 1.35. The van der Waals surface area contributed by atoms with Crippen LogP contribution in [0.1, 0.15) is 11.1 Å². The molecule has 6 heteroatoms. The Kier molecular flexibility index (Phi) is 6.79. The molecule has 0 atom stereocenters. The van der Waals surface area contributed by atoms with Crippen LogP contribution in [0.25, 0.3) is 0 Å². The standard InChI is InChI=1S/C25H25FN2O3/c26-22-17-21(10-11-23(22)28-12-14-30-15-13-28)27-25(29)18-31-24-9-5-4-8-20(24)16-19-6-2-1-3-7-19/h1-11,17H,12-16,18H2,(H,27,29). The molecule has 1 N–H and O–H groups in total. The van der Waals surface area contributed by atoms with Gasteiger partial charge in [-0.1, -0.05) is 48.5 Å². The van der Waals surface area contributed by atoms with Crippen LogP contribution in [0.5, 0.6) is 5.75 Å². The van der Waals surface area contributed by atoms with Gasteiger partial charge in [0.05, 0.1) is 18.9 Å². The second-order valence-electron chi connectivity index (χ2n) is 7.37. The van der Waals surface area contributed by atoms with Crippen LogP contribution in [-0.2, 0) is 16.0 Å². The predicted octanol–water partition coefficient (Wildman–Crippen LogP) is 4.27. The number of carbonyl (C=O) groups is 1. The number of rotatable bonds is 7. The number of nitrogens with zero attached hydrogens (tertiary/aromatic N) is 1. The van der Waals surface area contributed by atoms with Gasteiger partial charge in [0.15, 0.2) is 6.61 Å². The summed E-state index contributed by atoms with van der Waals surface area (Å²) in [6, 6.07) is 22.5. The van der Waals surface area contributed by atoms with E-state index in [0.29, 0.717) is 49.8 Å². The lowest BCUT2D eigenvalue weighted by Gasteiger charge is -2.29. The third kappa shape index (κ3) is 5.61. The van der Waals surface area contributed by atoms with Gasteiger partial charge in [-0.2, -0.15) is 0 Å². The van der Waals surface area contributed by atoms with Crippen molar-refractivity contribution >= 4 is 17.3 Å². The molecule has 31 heavy (non-hydrogen) atoms. The number of halogens is 1. The minimum Gasteiger partial charge on any atom is -0.483 e. The molecular weight excluding hydrogens is 395 g/mol. The van der Waals surface area contributed by atoms with Gasteiger partial charge in [0.2, 0.25) is 0 Å². The Morgan fingerprint density at radius 3 is 2.52 bits per heavy atom. The molecule has 1 fully saturated rings. The SMILES string of the molecule is O=C(COc1ccccc1Cc1ccccc1)Nc1ccc(N2CCOCC2)c(F)c1. The molecule has 0 spiro atoms. The highest BCUT2D eigenvalue weighted by Gasteiger charge is 2.16. The smallest absolute Gasteiger partial charge is 0.262 e. The maximum absolute atomic E-state index is 14.5. The van der Waals surface area contributed by atoms with Crippen LogP contribution in [-0.4, -0.2) is 38.8 Å². The van der Waals surface area contributed by atoms with E-state index in [1.54, 1.807) is 12.1 Å². The summed E-state index contributed by atoms with van der Waals surface area (Å²) in [4.78, 5) is 14.3. The summed E-state index contributed by atoms with van der Waals surface area (Å²) in [5.41, 5.74) is 3.09. The number of morpholine rings is 1. The van der Waals surface area contributed by atoms with Crippen molar-refractivity contribution in [1.29, 1.82) is 0 Å². The van der Waals surface area contributed by atoms with Crippen LogP contribution in [0.2, 0.25) is 0 Å². The molecule has 3 aromatic carbocycles. The molecule has 0 radical (unpaired) electrons. The monoisotopic (exact) mass is 420 g/mol. The summed E-state index contributed by atoms with van der Waals surface area (Å²) >= 11 is 0. The van der Waals surface area contributed by atoms with E-state index in [0.717, 1.165) is 5.56 Å². The molecule has 0 unspecified atom stereocenters. The number of anilines is 2. The van der Waals surface area contributed by atoms with E-state index in [9.17, 15) is 9.18 Å². The van der Waals surface area contributed by atoms with Crippen molar-refractivity contribution in [2.24, 2.45) is 0 Å². The van der Waals surface area contributed by atoms with E-state index in [4.69, 9.17) is 9.47 Å². The van der Waals surface area contributed by atoms with Crippen LogP contribution >= 0.6 is 0 Å². The average molecular weight is 420 g/mol. The van der Waals surface area contributed by atoms with Gasteiger partial charge in [-0.15, -0.1) is 0 Å². The minimum atomic E-state index is -0.367. The lowest BCUT2D eigenvalue weighted by Crippen LogP contribution is -2.36. The van der Waals surface area contributed by atoms with Gasteiger partial charge in [-0.05, 0) is 35.4 Å². The molecule has 0 bridgehead atoms. The Morgan fingerprint density at radius 1 is 1.00 bits per heavy atom. The molecule has 1 heterocycles. The number of ether oxygens (including phenoxy) is 2. The molecule has 0 saturated carbocycles. The van der Waals surface area contributed by atoms with Crippen LogP contribution in [0.3, 0.4) is 0 Å². The molecule has 160 valence electrons. The summed E-state index contributed by atoms with van der Waals surface area (Å²) in [5.74, 6) is -0.0442. The molecule has 1 amide bonds. The second kappa shape index (κ2) is 10.1. The van der Waals surface area contributed by atoms with Crippen molar-refractivity contribution in [2.75, 3.05) is 43.1 Å². The zero-order chi connectivity index (χ0) is 21.5. The van der Waals surface area contributed by atoms with Gasteiger partial charge in [0, 0.05) is 25.2 Å². The quantitative estimate of drug-likeness (QED) is 0.620. The molecular formula is C25H25FN2O3. The fraction of sp³-hybridized carbons (Fsp3) is 0.240. The summed E-state index contributed by atoms with van der Waals surface area (Å²) in [7, 11) is 0. The Bertz CT molecular complexity index is 1020. The van der Waals surface area contributed by atoms with Crippen molar-refractivity contribution in [2.45, 2.75) is 6.42 Å². The summed E-state index contributed by atoms with van der Waals surface area (Å²) in [6.45, 7) is 2.32. The van der Waals surface area contributed by atoms with Crippen molar-refractivity contribution < 1.29 is 18.7 Å². The molecule has 1 aliphatic rings. The Hall–Kier alpha value is -3.38. The van der Waals surface area contributed by atoms with Gasteiger partial charge >= 0.3 is 0 Å². The van der Waals surface area contributed by atoms with Gasteiger partial charge < -0.3 is 19.7 Å². The van der Waals surface area contributed by atoms with E-state index < -0.39 is 0 Å². The predicted molar refractivity (Wildman–Crippen MR) is 119 cm³/mol. The highest BCUT2D eigenvalue weighted by molar-refractivity contribution is 5.92. The molecule has 1 aliphatic heterocycles. The molecule has 4 rings (SSSR count). The Morgan fingerprint density at radius 2 is 1.74 bits per heavy atom. The van der Waals surface area contributed by atoms with Crippen LogP contribution in [0.15, 0.2) is 72.8 Å². The highest BCUT2D eigenvalue weighted by atomic mass is 19.1. The van der Waals surface area contributed by atoms with Crippen molar-refractivity contribution in [3.8, 4) is 5.75 Å². The maximum Gasteiger partial charge on any atom is 0.262 e. The number of hydrogen-bond acceptors (Lipinski definition) is 4. The number of amides is 1. The van der Waals surface area contributed by atoms with Gasteiger partial charge in [-0.3, -0.25) is 4.79 Å². The Labute approximate surface area is 181 Å². The number of hydrogen-bond donors (Lipinski definition) is 1. The lowest BCUT2D eigenvalue weighted by molar-refractivity contribution is -0.118. The molecule has 0 aromatic heterocycles. The van der Waals surface area contributed by atoms with E-state index in [2.05, 4.69) is 17.4 Å². The maximum atomic E-state index is 14.5. The number of para-hydroxylation sites is 1. The minimum absolute atomic E-state index is 0.154. The van der Waals surface area contributed by atoms with E-state index in [1.807, 2.05) is 47.4 Å². The first-order chi connectivity index (χ1) is 15.2. The number of nitrogens with one attached hydrogen (secondary N) is 1. The number of benzene rings is 3. The normalized spacial score (nSPS) is 13.6. The molecule has 5 nitrogen and oxygen atoms in total. The first-order valence-corrected chi connectivity index (χ1v) is 10.4. The molecule has 1 saturated heterocycles. The first kappa shape index (κ1) is 20.9. The third-order valence-corrected chi connectivity index (χ3v) is 5.15. The second-order valence-corrected chi connectivity index (χ2v) is 7.37.